The second-order valence-corrected chi connectivity index (χ2v) is 4.21. The molecular weight excluding hydrogens is 226 g/mol. The lowest BCUT2D eigenvalue weighted by Crippen LogP contribution is -1.97. The molecule has 1 heterocycles. The molecule has 3 nitrogen and oxygen atoms in total. The van der Waals surface area contributed by atoms with Crippen LogP contribution in [0.3, 0.4) is 0 Å². The number of aromatic nitrogens is 1. The van der Waals surface area contributed by atoms with Gasteiger partial charge in [0.1, 0.15) is 0 Å². The number of carbonyl (C=O) groups is 1. The van der Waals surface area contributed by atoms with E-state index in [1.165, 1.54) is 11.8 Å². The van der Waals surface area contributed by atoms with Crippen molar-refractivity contribution in [1.29, 1.82) is 0 Å². The van der Waals surface area contributed by atoms with Gasteiger partial charge in [-0.3, -0.25) is 4.98 Å². The lowest BCUT2D eigenvalue weighted by Gasteiger charge is -2.04. The second-order valence-electron chi connectivity index (χ2n) is 4.21. The predicted octanol–water partition coefficient (Wildman–Crippen LogP) is 3.40. The number of carboxylic acids is 1. The highest BCUT2D eigenvalue weighted by Gasteiger charge is 2.05. The van der Waals surface area contributed by atoms with E-state index in [-0.39, 0.29) is 5.56 Å². The molecule has 0 saturated carbocycles. The first-order valence-corrected chi connectivity index (χ1v) is 5.98. The highest BCUT2D eigenvalue weighted by atomic mass is 16.4. The number of carboxylic acid groups (broad SMARTS) is 1. The normalized spacial score (nSPS) is 10.3. The van der Waals surface area contributed by atoms with E-state index in [9.17, 15) is 4.79 Å². The maximum absolute atomic E-state index is 10.9. The summed E-state index contributed by atoms with van der Waals surface area (Å²) in [6.45, 7) is 2.15. The van der Waals surface area contributed by atoms with Crippen LogP contribution in [0.5, 0.6) is 0 Å². The van der Waals surface area contributed by atoms with Crippen LogP contribution >= 0.6 is 0 Å². The molecule has 92 valence electrons. The predicted molar refractivity (Wildman–Crippen MR) is 70.6 cm³/mol. The minimum absolute atomic E-state index is 0.213. The summed E-state index contributed by atoms with van der Waals surface area (Å²) in [4.78, 5) is 14.8. The number of hydrogen-bond acceptors (Lipinski definition) is 2. The van der Waals surface area contributed by atoms with Gasteiger partial charge >= 0.3 is 5.97 Å². The van der Waals surface area contributed by atoms with E-state index in [2.05, 4.69) is 24.0 Å². The molecule has 0 spiro atoms. The zero-order chi connectivity index (χ0) is 13.0. The summed E-state index contributed by atoms with van der Waals surface area (Å²) in [7, 11) is 0. The fourth-order valence-electron chi connectivity index (χ4n) is 1.87. The van der Waals surface area contributed by atoms with Crippen LogP contribution in [0.15, 0.2) is 42.7 Å². The van der Waals surface area contributed by atoms with E-state index in [4.69, 9.17) is 5.11 Å². The smallest absolute Gasteiger partial charge is 0.337 e. The minimum atomic E-state index is -0.952. The molecule has 1 aromatic heterocycles. The van der Waals surface area contributed by atoms with Crippen LogP contribution in [0.1, 0.15) is 29.3 Å². The summed E-state index contributed by atoms with van der Waals surface area (Å²) in [6, 6.07) is 9.81. The minimum Gasteiger partial charge on any atom is -0.478 e. The molecular formula is C15H15NO2. The molecule has 0 bridgehead atoms. The van der Waals surface area contributed by atoms with Crippen LogP contribution in [0.2, 0.25) is 0 Å². The van der Waals surface area contributed by atoms with Crippen molar-refractivity contribution in [3.63, 3.8) is 0 Å². The van der Waals surface area contributed by atoms with Gasteiger partial charge in [-0.2, -0.15) is 0 Å². The molecule has 0 fully saturated rings. The maximum atomic E-state index is 10.9. The van der Waals surface area contributed by atoms with E-state index in [1.54, 1.807) is 12.3 Å². The van der Waals surface area contributed by atoms with Gasteiger partial charge < -0.3 is 5.11 Å². The Morgan fingerprint density at radius 2 is 1.89 bits per heavy atom. The average molecular weight is 241 g/mol. The van der Waals surface area contributed by atoms with Gasteiger partial charge in [-0.1, -0.05) is 37.6 Å². The SMILES string of the molecule is CCCc1ccc(-c2cncc(C(=O)O)c2)cc1. The summed E-state index contributed by atoms with van der Waals surface area (Å²) in [5.74, 6) is -0.952. The summed E-state index contributed by atoms with van der Waals surface area (Å²) in [5, 5.41) is 8.93. The standard InChI is InChI=1S/C15H15NO2/c1-2-3-11-4-6-12(7-5-11)13-8-14(15(17)18)10-16-9-13/h4-10H,2-3H2,1H3,(H,17,18). The van der Waals surface area contributed by atoms with Crippen molar-refractivity contribution in [2.24, 2.45) is 0 Å². The Balaban J connectivity index is 2.30. The van der Waals surface area contributed by atoms with Crippen molar-refractivity contribution in [2.45, 2.75) is 19.8 Å². The Hall–Kier alpha value is -2.16. The van der Waals surface area contributed by atoms with Crippen LogP contribution in [0, 0.1) is 0 Å². The lowest BCUT2D eigenvalue weighted by atomic mass is 10.0. The molecule has 0 aliphatic rings. The first-order valence-electron chi connectivity index (χ1n) is 5.98. The van der Waals surface area contributed by atoms with E-state index in [1.807, 2.05) is 12.1 Å². The van der Waals surface area contributed by atoms with E-state index in [0.717, 1.165) is 24.0 Å². The van der Waals surface area contributed by atoms with Crippen LogP contribution in [0.25, 0.3) is 11.1 Å². The molecule has 0 amide bonds. The van der Waals surface area contributed by atoms with Gasteiger partial charge in [0.2, 0.25) is 0 Å². The Bertz CT molecular complexity index is 547. The third-order valence-electron chi connectivity index (χ3n) is 2.81. The van der Waals surface area contributed by atoms with Crippen molar-refractivity contribution in [3.05, 3.63) is 53.9 Å². The van der Waals surface area contributed by atoms with Gasteiger partial charge in [-0.25, -0.2) is 4.79 Å². The molecule has 2 rings (SSSR count). The summed E-state index contributed by atoms with van der Waals surface area (Å²) >= 11 is 0. The Morgan fingerprint density at radius 1 is 1.17 bits per heavy atom. The molecule has 0 aliphatic heterocycles. The van der Waals surface area contributed by atoms with Crippen molar-refractivity contribution in [2.75, 3.05) is 0 Å². The maximum Gasteiger partial charge on any atom is 0.337 e. The van der Waals surface area contributed by atoms with Crippen molar-refractivity contribution >= 4 is 5.97 Å². The number of aryl methyl sites for hydroxylation is 1. The zero-order valence-electron chi connectivity index (χ0n) is 10.3. The van der Waals surface area contributed by atoms with Crippen molar-refractivity contribution < 1.29 is 9.90 Å². The Labute approximate surface area is 106 Å². The molecule has 18 heavy (non-hydrogen) atoms. The number of nitrogens with zero attached hydrogens (tertiary/aromatic N) is 1. The molecule has 0 atom stereocenters. The summed E-state index contributed by atoms with van der Waals surface area (Å²) in [6.07, 6.45) is 5.22. The summed E-state index contributed by atoms with van der Waals surface area (Å²) < 4.78 is 0. The van der Waals surface area contributed by atoms with Gasteiger partial charge in [-0.15, -0.1) is 0 Å². The number of rotatable bonds is 4. The van der Waals surface area contributed by atoms with Crippen molar-refractivity contribution in [1.82, 2.24) is 4.98 Å². The molecule has 1 aromatic carbocycles. The largest absolute Gasteiger partial charge is 0.478 e. The number of benzene rings is 1. The van der Waals surface area contributed by atoms with Crippen molar-refractivity contribution in [3.8, 4) is 11.1 Å². The molecule has 1 N–H and O–H groups in total. The fraction of sp³-hybridized carbons (Fsp3) is 0.200. The Kier molecular flexibility index (Phi) is 3.72. The van der Waals surface area contributed by atoms with Crippen LogP contribution in [-0.2, 0) is 6.42 Å². The van der Waals surface area contributed by atoms with E-state index in [0.29, 0.717) is 0 Å². The highest BCUT2D eigenvalue weighted by molar-refractivity contribution is 5.88. The van der Waals surface area contributed by atoms with Gasteiger partial charge in [0.05, 0.1) is 5.56 Å². The molecule has 0 aliphatic carbocycles. The first-order chi connectivity index (χ1) is 8.70. The average Bonchev–Trinajstić information content (AvgIpc) is 2.40. The van der Waals surface area contributed by atoms with E-state index >= 15 is 0 Å². The molecule has 2 aromatic rings. The number of hydrogen-bond donors (Lipinski definition) is 1. The highest BCUT2D eigenvalue weighted by Crippen LogP contribution is 2.20. The molecule has 0 unspecified atom stereocenters. The van der Waals surface area contributed by atoms with Crippen LogP contribution < -0.4 is 0 Å². The number of pyridine rings is 1. The lowest BCUT2D eigenvalue weighted by molar-refractivity contribution is 0.0696. The quantitative estimate of drug-likeness (QED) is 0.892. The Morgan fingerprint density at radius 3 is 2.50 bits per heavy atom. The number of aromatic carboxylic acids is 1. The fourth-order valence-corrected chi connectivity index (χ4v) is 1.87. The van der Waals surface area contributed by atoms with Gasteiger partial charge in [0, 0.05) is 18.0 Å². The second kappa shape index (κ2) is 5.45. The first kappa shape index (κ1) is 12.3. The van der Waals surface area contributed by atoms with Gasteiger partial charge in [-0.05, 0) is 23.6 Å². The van der Waals surface area contributed by atoms with Gasteiger partial charge in [0.15, 0.2) is 0 Å². The van der Waals surface area contributed by atoms with E-state index < -0.39 is 5.97 Å². The van der Waals surface area contributed by atoms with Crippen LogP contribution in [0.4, 0.5) is 0 Å². The third kappa shape index (κ3) is 2.74. The van der Waals surface area contributed by atoms with Crippen LogP contribution in [-0.4, -0.2) is 16.1 Å². The zero-order valence-corrected chi connectivity index (χ0v) is 10.3. The monoisotopic (exact) mass is 241 g/mol. The summed E-state index contributed by atoms with van der Waals surface area (Å²) in [5.41, 5.74) is 3.33. The molecule has 3 heteroatoms. The molecule has 0 radical (unpaired) electrons. The molecule has 0 saturated heterocycles. The third-order valence-corrected chi connectivity index (χ3v) is 2.81. The van der Waals surface area contributed by atoms with Gasteiger partial charge in [0.25, 0.3) is 0 Å². The topological polar surface area (TPSA) is 50.2 Å².